The molecule has 0 saturated heterocycles. The van der Waals surface area contributed by atoms with Crippen LogP contribution in [0.25, 0.3) is 60.5 Å². The molecule has 0 radical (unpaired) electrons. The molecule has 9 aromatic rings. The van der Waals surface area contributed by atoms with Gasteiger partial charge in [-0.1, -0.05) is 200 Å². The SMILES string of the molecule is CC(C)(C)c1cc(-c2ccccc2N(c2ccccc2-c2cccc3cccc(C4CCCCC4)c23)c2cccc3c4ccccc4n(-c4ccccc4)c23)cc(C(C)(C)C)c1. The first-order valence-electron chi connectivity index (χ1n) is 22.8. The first-order valence-corrected chi connectivity index (χ1v) is 22.8. The largest absolute Gasteiger partial charge is 0.307 e. The molecule has 0 unspecified atom stereocenters. The van der Waals surface area contributed by atoms with E-state index in [-0.39, 0.29) is 10.8 Å². The van der Waals surface area contributed by atoms with E-state index in [2.05, 4.69) is 227 Å². The number of para-hydroxylation sites is 5. The molecular formula is C60H58N2. The van der Waals surface area contributed by atoms with Gasteiger partial charge in [0.05, 0.1) is 28.1 Å². The number of anilines is 3. The van der Waals surface area contributed by atoms with Crippen LogP contribution in [-0.2, 0) is 10.8 Å². The van der Waals surface area contributed by atoms with Crippen LogP contribution in [0.5, 0.6) is 0 Å². The van der Waals surface area contributed by atoms with Crippen molar-refractivity contribution in [1.82, 2.24) is 4.57 Å². The molecular weight excluding hydrogens is 749 g/mol. The molecule has 0 bridgehead atoms. The van der Waals surface area contributed by atoms with Gasteiger partial charge < -0.3 is 9.47 Å². The van der Waals surface area contributed by atoms with Gasteiger partial charge in [-0.2, -0.15) is 0 Å². The van der Waals surface area contributed by atoms with Crippen molar-refractivity contribution in [3.63, 3.8) is 0 Å². The summed E-state index contributed by atoms with van der Waals surface area (Å²) in [6.45, 7) is 14.0. The fraction of sp³-hybridized carbons (Fsp3) is 0.233. The molecule has 0 spiro atoms. The van der Waals surface area contributed by atoms with E-state index < -0.39 is 0 Å². The van der Waals surface area contributed by atoms with Crippen molar-refractivity contribution >= 4 is 49.6 Å². The third-order valence-corrected chi connectivity index (χ3v) is 13.5. The monoisotopic (exact) mass is 806 g/mol. The van der Waals surface area contributed by atoms with E-state index in [1.807, 2.05) is 0 Å². The van der Waals surface area contributed by atoms with E-state index in [1.54, 1.807) is 0 Å². The predicted molar refractivity (Wildman–Crippen MR) is 267 cm³/mol. The smallest absolute Gasteiger partial charge is 0.0782 e. The number of rotatable bonds is 7. The number of fused-ring (bicyclic) bond motifs is 4. The lowest BCUT2D eigenvalue weighted by Crippen LogP contribution is -2.17. The Balaban J connectivity index is 1.32. The van der Waals surface area contributed by atoms with E-state index in [4.69, 9.17) is 0 Å². The van der Waals surface area contributed by atoms with Crippen LogP contribution < -0.4 is 4.90 Å². The van der Waals surface area contributed by atoms with Crippen molar-refractivity contribution in [3.8, 4) is 27.9 Å². The highest BCUT2D eigenvalue weighted by molar-refractivity contribution is 6.15. The van der Waals surface area contributed by atoms with E-state index in [9.17, 15) is 0 Å². The maximum Gasteiger partial charge on any atom is 0.0782 e. The maximum atomic E-state index is 2.59. The molecule has 8 aromatic carbocycles. The molecule has 1 heterocycles. The van der Waals surface area contributed by atoms with Crippen LogP contribution in [0.2, 0.25) is 0 Å². The van der Waals surface area contributed by atoms with Gasteiger partial charge in [0.15, 0.2) is 0 Å². The fourth-order valence-electron chi connectivity index (χ4n) is 10.2. The summed E-state index contributed by atoms with van der Waals surface area (Å²) < 4.78 is 2.48. The molecule has 0 atom stereocenters. The molecule has 1 fully saturated rings. The number of hydrogen-bond donors (Lipinski definition) is 0. The first kappa shape index (κ1) is 39.7. The lowest BCUT2D eigenvalue weighted by Gasteiger charge is -2.32. The molecule has 1 aliphatic rings. The Hall–Kier alpha value is -6.38. The lowest BCUT2D eigenvalue weighted by molar-refractivity contribution is 0.445. The van der Waals surface area contributed by atoms with Crippen LogP contribution in [0.1, 0.15) is 96.3 Å². The zero-order valence-corrected chi connectivity index (χ0v) is 37.3. The number of benzene rings is 8. The van der Waals surface area contributed by atoms with Gasteiger partial charge in [-0.3, -0.25) is 0 Å². The average Bonchev–Trinajstić information content (AvgIpc) is 3.64. The van der Waals surface area contributed by atoms with Gasteiger partial charge in [-0.05, 0) is 105 Å². The Labute approximate surface area is 368 Å². The number of aromatic nitrogens is 1. The Morgan fingerprint density at radius 3 is 1.73 bits per heavy atom. The van der Waals surface area contributed by atoms with Crippen molar-refractivity contribution in [3.05, 3.63) is 193 Å². The van der Waals surface area contributed by atoms with Crippen LogP contribution in [-0.4, -0.2) is 4.57 Å². The minimum Gasteiger partial charge on any atom is -0.307 e. The molecule has 308 valence electrons. The summed E-state index contributed by atoms with van der Waals surface area (Å²) in [5.41, 5.74) is 16.1. The number of hydrogen-bond acceptors (Lipinski definition) is 1. The normalized spacial score (nSPS) is 13.9. The summed E-state index contributed by atoms with van der Waals surface area (Å²) in [7, 11) is 0. The Morgan fingerprint density at radius 1 is 0.468 bits per heavy atom. The van der Waals surface area contributed by atoms with Gasteiger partial charge in [-0.25, -0.2) is 0 Å². The summed E-state index contributed by atoms with van der Waals surface area (Å²) in [5.74, 6) is 0.569. The van der Waals surface area contributed by atoms with Gasteiger partial charge in [0.2, 0.25) is 0 Å². The van der Waals surface area contributed by atoms with Gasteiger partial charge in [-0.15, -0.1) is 0 Å². The molecule has 1 aliphatic carbocycles. The Morgan fingerprint density at radius 2 is 1.02 bits per heavy atom. The van der Waals surface area contributed by atoms with E-state index in [1.165, 1.54) is 104 Å². The summed E-state index contributed by atoms with van der Waals surface area (Å²) in [4.78, 5) is 2.59. The van der Waals surface area contributed by atoms with Crippen molar-refractivity contribution < 1.29 is 0 Å². The molecule has 1 saturated carbocycles. The zero-order chi connectivity index (χ0) is 42.6. The third-order valence-electron chi connectivity index (χ3n) is 13.5. The van der Waals surface area contributed by atoms with E-state index in [0.29, 0.717) is 5.92 Å². The molecule has 10 rings (SSSR count). The second-order valence-electron chi connectivity index (χ2n) is 19.6. The zero-order valence-electron chi connectivity index (χ0n) is 37.3. The molecule has 2 nitrogen and oxygen atoms in total. The summed E-state index contributed by atoms with van der Waals surface area (Å²) in [6.07, 6.45) is 6.45. The molecule has 2 heteroatoms. The molecule has 1 aromatic heterocycles. The second-order valence-corrected chi connectivity index (χ2v) is 19.6. The third kappa shape index (κ3) is 7.10. The summed E-state index contributed by atoms with van der Waals surface area (Å²) in [6, 6.07) is 66.3. The van der Waals surface area contributed by atoms with Crippen LogP contribution in [0, 0.1) is 0 Å². The quantitative estimate of drug-likeness (QED) is 0.156. The van der Waals surface area contributed by atoms with E-state index >= 15 is 0 Å². The minimum atomic E-state index is -0.0239. The standard InChI is InChI=1S/C60H58N2/c1-59(2,3)44-38-43(39-45(40-44)60(4,5)6)47-28-13-16-34-53(47)62(56-37-21-33-52-50-30-15-17-35-54(50)61(58(52)56)46-26-11-8-12-27-46)55-36-18-14-29-49(55)51-32-20-25-42-24-19-31-48(57(42)51)41-22-9-7-10-23-41/h8,11-21,24-41H,7,9-10,22-23H2,1-6H3. The highest BCUT2D eigenvalue weighted by Crippen LogP contribution is 2.51. The lowest BCUT2D eigenvalue weighted by atomic mass is 9.78. The highest BCUT2D eigenvalue weighted by atomic mass is 15.2. The van der Waals surface area contributed by atoms with Gasteiger partial charge >= 0.3 is 0 Å². The van der Waals surface area contributed by atoms with Crippen LogP contribution in [0.15, 0.2) is 176 Å². The minimum absolute atomic E-state index is 0.0239. The van der Waals surface area contributed by atoms with Crippen molar-refractivity contribution in [1.29, 1.82) is 0 Å². The van der Waals surface area contributed by atoms with Crippen LogP contribution >= 0.6 is 0 Å². The number of nitrogens with zero attached hydrogens (tertiary/aromatic N) is 2. The molecule has 0 N–H and O–H groups in total. The second kappa shape index (κ2) is 15.8. The van der Waals surface area contributed by atoms with Crippen molar-refractivity contribution in [2.24, 2.45) is 0 Å². The van der Waals surface area contributed by atoms with Crippen molar-refractivity contribution in [2.45, 2.75) is 90.4 Å². The topological polar surface area (TPSA) is 8.17 Å². The molecule has 0 aliphatic heterocycles. The molecule has 0 amide bonds. The first-order chi connectivity index (χ1) is 30.1. The summed E-state index contributed by atoms with van der Waals surface area (Å²) >= 11 is 0. The van der Waals surface area contributed by atoms with Crippen molar-refractivity contribution in [2.75, 3.05) is 4.90 Å². The van der Waals surface area contributed by atoms with Gasteiger partial charge in [0, 0.05) is 27.6 Å². The maximum absolute atomic E-state index is 2.59. The highest BCUT2D eigenvalue weighted by Gasteiger charge is 2.28. The summed E-state index contributed by atoms with van der Waals surface area (Å²) in [5, 5.41) is 5.18. The van der Waals surface area contributed by atoms with Crippen LogP contribution in [0.4, 0.5) is 17.1 Å². The Kier molecular flexibility index (Phi) is 10.1. The fourth-order valence-corrected chi connectivity index (χ4v) is 10.2. The van der Waals surface area contributed by atoms with Gasteiger partial charge in [0.1, 0.15) is 0 Å². The molecule has 62 heavy (non-hydrogen) atoms. The Bertz CT molecular complexity index is 3040. The van der Waals surface area contributed by atoms with E-state index in [0.717, 1.165) is 22.7 Å². The average molecular weight is 807 g/mol. The van der Waals surface area contributed by atoms with Gasteiger partial charge in [0.25, 0.3) is 0 Å². The predicted octanol–water partition coefficient (Wildman–Crippen LogP) is 17.4. The van der Waals surface area contributed by atoms with Crippen LogP contribution in [0.3, 0.4) is 0 Å².